The van der Waals surface area contributed by atoms with Gasteiger partial charge < -0.3 is 0 Å². The lowest BCUT2D eigenvalue weighted by Crippen LogP contribution is -1.95. The van der Waals surface area contributed by atoms with Crippen molar-refractivity contribution in [1.29, 1.82) is 0 Å². The van der Waals surface area contributed by atoms with Gasteiger partial charge in [-0.05, 0) is 120 Å². The molecular weight excluding hydrogens is 492 g/mol. The van der Waals surface area contributed by atoms with Crippen LogP contribution in [-0.2, 0) is 0 Å². The molecule has 0 saturated carbocycles. The van der Waals surface area contributed by atoms with E-state index in [1.54, 1.807) is 0 Å². The highest BCUT2D eigenvalue weighted by Crippen LogP contribution is 2.47. The van der Waals surface area contributed by atoms with Crippen LogP contribution in [0.4, 0.5) is 0 Å². The zero-order valence-electron chi connectivity index (χ0n) is 23.6. The predicted octanol–water partition coefficient (Wildman–Crippen LogP) is 11.7. The molecule has 0 nitrogen and oxygen atoms in total. The van der Waals surface area contributed by atoms with E-state index in [-0.39, 0.29) is 0 Å². The predicted molar refractivity (Wildman–Crippen MR) is 179 cm³/mol. The molecule has 0 fully saturated rings. The van der Waals surface area contributed by atoms with E-state index in [1.807, 2.05) is 0 Å². The smallest absolute Gasteiger partial charge is 0.00201 e. The van der Waals surface area contributed by atoms with Gasteiger partial charge in [0.05, 0.1) is 0 Å². The fourth-order valence-corrected chi connectivity index (χ4v) is 7.26. The molecule has 0 radical (unpaired) electrons. The average molecular weight is 523 g/mol. The fourth-order valence-electron chi connectivity index (χ4n) is 7.26. The largest absolute Gasteiger partial charge is 0.0616 e. The van der Waals surface area contributed by atoms with E-state index < -0.39 is 0 Å². The summed E-state index contributed by atoms with van der Waals surface area (Å²) in [6.45, 7) is 6.70. The second kappa shape index (κ2) is 9.04. The molecule has 0 heterocycles. The summed E-state index contributed by atoms with van der Waals surface area (Å²) in [6, 6.07) is 47.4. The Morgan fingerprint density at radius 2 is 0.829 bits per heavy atom. The van der Waals surface area contributed by atoms with Gasteiger partial charge in [-0.3, -0.25) is 0 Å². The highest BCUT2D eigenvalue weighted by molar-refractivity contribution is 6.25. The molecule has 8 rings (SSSR count). The summed E-state index contributed by atoms with van der Waals surface area (Å²) in [7, 11) is 0. The Kier molecular flexibility index (Phi) is 5.27. The van der Waals surface area contributed by atoms with Crippen LogP contribution in [0.15, 0.2) is 127 Å². The molecule has 0 aliphatic rings. The molecule has 41 heavy (non-hydrogen) atoms. The Hall–Kier alpha value is -4.94. The third-order valence-electron chi connectivity index (χ3n) is 8.87. The third kappa shape index (κ3) is 3.61. The summed E-state index contributed by atoms with van der Waals surface area (Å²) < 4.78 is 0. The molecule has 0 bridgehead atoms. The summed E-state index contributed by atoms with van der Waals surface area (Å²) in [5, 5.41) is 12.9. The van der Waals surface area contributed by atoms with Crippen molar-refractivity contribution in [2.24, 2.45) is 0 Å². The van der Waals surface area contributed by atoms with Gasteiger partial charge in [0.15, 0.2) is 0 Å². The fraction of sp³-hybridized carbons (Fsp3) is 0.0732. The lowest BCUT2D eigenvalue weighted by Gasteiger charge is -2.21. The van der Waals surface area contributed by atoms with Gasteiger partial charge in [0.2, 0.25) is 0 Å². The van der Waals surface area contributed by atoms with Crippen molar-refractivity contribution < 1.29 is 0 Å². The van der Waals surface area contributed by atoms with Crippen LogP contribution in [0.25, 0.3) is 76.1 Å². The van der Waals surface area contributed by atoms with Crippen LogP contribution >= 0.6 is 0 Å². The standard InChI is InChI=1S/C41H30/c1-25-21-26(2)39(27(3)22-25)41-34-16-8-6-14-32(34)40(33-15-7-9-17-35(33)41)36-18-10-12-29-23-30-20-19-28-11-4-5-13-31(28)37(30)24-38(29)36/h4-24H,1-3H3. The van der Waals surface area contributed by atoms with Gasteiger partial charge in [-0.15, -0.1) is 0 Å². The van der Waals surface area contributed by atoms with Crippen LogP contribution in [-0.4, -0.2) is 0 Å². The van der Waals surface area contributed by atoms with Crippen LogP contribution in [0, 0.1) is 20.8 Å². The lowest BCUT2D eigenvalue weighted by atomic mass is 9.82. The molecule has 0 aliphatic heterocycles. The highest BCUT2D eigenvalue weighted by atomic mass is 14.2. The van der Waals surface area contributed by atoms with E-state index in [1.165, 1.54) is 92.8 Å². The molecule has 0 N–H and O–H groups in total. The van der Waals surface area contributed by atoms with E-state index in [4.69, 9.17) is 0 Å². The van der Waals surface area contributed by atoms with E-state index in [9.17, 15) is 0 Å². The normalized spacial score (nSPS) is 11.8. The first-order valence-corrected chi connectivity index (χ1v) is 14.4. The van der Waals surface area contributed by atoms with Gasteiger partial charge in [-0.25, -0.2) is 0 Å². The molecule has 8 aromatic carbocycles. The van der Waals surface area contributed by atoms with Gasteiger partial charge in [0, 0.05) is 0 Å². The third-order valence-corrected chi connectivity index (χ3v) is 8.87. The summed E-state index contributed by atoms with van der Waals surface area (Å²) in [5.41, 5.74) is 9.25. The Bertz CT molecular complexity index is 2250. The van der Waals surface area contributed by atoms with Crippen LogP contribution in [0.3, 0.4) is 0 Å². The minimum Gasteiger partial charge on any atom is -0.0616 e. The number of benzene rings is 8. The van der Waals surface area contributed by atoms with E-state index in [0.29, 0.717) is 0 Å². The number of hydrogen-bond acceptors (Lipinski definition) is 0. The second-order valence-corrected chi connectivity index (χ2v) is 11.5. The molecule has 194 valence electrons. The molecule has 0 amide bonds. The molecule has 0 aromatic heterocycles. The van der Waals surface area contributed by atoms with E-state index in [0.717, 1.165) is 0 Å². The molecule has 0 aliphatic carbocycles. The second-order valence-electron chi connectivity index (χ2n) is 11.5. The van der Waals surface area contributed by atoms with Crippen molar-refractivity contribution in [3.05, 3.63) is 144 Å². The van der Waals surface area contributed by atoms with Crippen molar-refractivity contribution in [1.82, 2.24) is 0 Å². The van der Waals surface area contributed by atoms with Gasteiger partial charge in [0.25, 0.3) is 0 Å². The molecule has 8 aromatic rings. The lowest BCUT2D eigenvalue weighted by molar-refractivity contribution is 1.33. The molecule has 0 saturated heterocycles. The van der Waals surface area contributed by atoms with Gasteiger partial charge in [0.1, 0.15) is 0 Å². The first-order chi connectivity index (χ1) is 20.1. The highest BCUT2D eigenvalue weighted by Gasteiger charge is 2.20. The first kappa shape index (κ1) is 23.9. The maximum atomic E-state index is 2.42. The number of rotatable bonds is 2. The maximum absolute atomic E-state index is 2.42. The zero-order valence-corrected chi connectivity index (χ0v) is 23.6. The van der Waals surface area contributed by atoms with Gasteiger partial charge >= 0.3 is 0 Å². The van der Waals surface area contributed by atoms with Crippen molar-refractivity contribution in [2.45, 2.75) is 20.8 Å². The van der Waals surface area contributed by atoms with Crippen molar-refractivity contribution >= 4 is 53.9 Å². The number of aryl methyl sites for hydroxylation is 3. The Morgan fingerprint density at radius 1 is 0.317 bits per heavy atom. The molecule has 0 heteroatoms. The topological polar surface area (TPSA) is 0 Å². The minimum absolute atomic E-state index is 1.27. The van der Waals surface area contributed by atoms with E-state index >= 15 is 0 Å². The van der Waals surface area contributed by atoms with Gasteiger partial charge in [-0.2, -0.15) is 0 Å². The Balaban J connectivity index is 1.54. The van der Waals surface area contributed by atoms with Crippen molar-refractivity contribution in [3.8, 4) is 22.3 Å². The van der Waals surface area contributed by atoms with Crippen molar-refractivity contribution in [3.63, 3.8) is 0 Å². The summed E-state index contributed by atoms with van der Waals surface area (Å²) in [4.78, 5) is 0. The summed E-state index contributed by atoms with van der Waals surface area (Å²) in [6.07, 6.45) is 0. The molecule has 0 unspecified atom stereocenters. The van der Waals surface area contributed by atoms with Crippen LogP contribution in [0.1, 0.15) is 16.7 Å². The Labute approximate surface area is 240 Å². The SMILES string of the molecule is Cc1cc(C)c(-c2c3ccccc3c(-c3cccc4cc5ccc6ccccc6c5cc34)c3ccccc23)c(C)c1. The number of fused-ring (bicyclic) bond motifs is 6. The van der Waals surface area contributed by atoms with Crippen molar-refractivity contribution in [2.75, 3.05) is 0 Å². The Morgan fingerprint density at radius 3 is 1.49 bits per heavy atom. The van der Waals surface area contributed by atoms with Crippen LogP contribution in [0.2, 0.25) is 0 Å². The molecular formula is C41H30. The van der Waals surface area contributed by atoms with Crippen LogP contribution < -0.4 is 0 Å². The first-order valence-electron chi connectivity index (χ1n) is 14.4. The summed E-state index contributed by atoms with van der Waals surface area (Å²) in [5.74, 6) is 0. The maximum Gasteiger partial charge on any atom is -0.00201 e. The van der Waals surface area contributed by atoms with E-state index in [2.05, 4.69) is 148 Å². The molecule has 0 spiro atoms. The number of hydrogen-bond donors (Lipinski definition) is 0. The zero-order chi connectivity index (χ0) is 27.7. The average Bonchev–Trinajstić information content (AvgIpc) is 2.99. The van der Waals surface area contributed by atoms with Gasteiger partial charge in [-0.1, -0.05) is 121 Å². The quantitative estimate of drug-likeness (QED) is 0.156. The molecule has 0 atom stereocenters. The van der Waals surface area contributed by atoms with Crippen LogP contribution in [0.5, 0.6) is 0 Å². The minimum atomic E-state index is 1.27. The summed E-state index contributed by atoms with van der Waals surface area (Å²) >= 11 is 0. The monoisotopic (exact) mass is 522 g/mol.